The highest BCUT2D eigenvalue weighted by molar-refractivity contribution is 6.01. The summed E-state index contributed by atoms with van der Waals surface area (Å²) in [5, 5.41) is 67.3. The van der Waals surface area contributed by atoms with Crippen LogP contribution in [-0.4, -0.2) is 232 Å². The Labute approximate surface area is 778 Å². The van der Waals surface area contributed by atoms with E-state index in [-0.39, 0.29) is 125 Å². The largest absolute Gasteiger partial charge is 0.480 e. The van der Waals surface area contributed by atoms with Crippen molar-refractivity contribution in [2.45, 2.75) is 297 Å². The number of H-pyrrole nitrogens is 1. The van der Waals surface area contributed by atoms with Gasteiger partial charge in [-0.1, -0.05) is 183 Å². The number of carbonyl (C=O) groups excluding carboxylic acids is 16. The van der Waals surface area contributed by atoms with Gasteiger partial charge in [0.25, 0.3) is 0 Å². The quantitative estimate of drug-likeness (QED) is 0.0176. The molecule has 133 heavy (non-hydrogen) atoms. The van der Waals surface area contributed by atoms with Crippen molar-refractivity contribution in [2.24, 2.45) is 70.1 Å². The van der Waals surface area contributed by atoms with Crippen LogP contribution in [0, 0.1) is 52.2 Å². The maximum atomic E-state index is 15.2. The van der Waals surface area contributed by atoms with Crippen LogP contribution in [0.4, 0.5) is 0 Å². The third-order valence-corrected chi connectivity index (χ3v) is 22.7. The van der Waals surface area contributed by atoms with Gasteiger partial charge in [0.05, 0.1) is 18.1 Å². The van der Waals surface area contributed by atoms with Crippen molar-refractivity contribution in [1.82, 2.24) is 95.0 Å². The average Bonchev–Trinajstić information content (AvgIpc) is 0.879. The Hall–Kier alpha value is -12.9. The molecule has 3 rings (SSSR count). The van der Waals surface area contributed by atoms with E-state index < -0.39 is 235 Å². The summed E-state index contributed by atoms with van der Waals surface area (Å²) in [6.45, 7) is 23.9. The molecule has 0 unspecified atom stereocenters. The molecule has 43 heteroatoms. The summed E-state index contributed by atoms with van der Waals surface area (Å²) >= 11 is 0. The van der Waals surface area contributed by atoms with Crippen LogP contribution in [0.15, 0.2) is 73.2 Å². The van der Waals surface area contributed by atoms with Gasteiger partial charge in [-0.25, -0.2) is 4.98 Å². The lowest BCUT2D eigenvalue weighted by atomic mass is 9.95. The number of aliphatic carboxylic acids is 1. The Kier molecular flexibility index (Phi) is 51.2. The first kappa shape index (κ1) is 114. The fourth-order valence-electron chi connectivity index (χ4n) is 14.1. The predicted octanol–water partition coefficient (Wildman–Crippen LogP) is -1.35. The van der Waals surface area contributed by atoms with Crippen LogP contribution < -0.4 is 114 Å². The Balaban J connectivity index is 2.07. The molecule has 740 valence electrons. The van der Waals surface area contributed by atoms with Gasteiger partial charge < -0.3 is 124 Å². The first-order valence-corrected chi connectivity index (χ1v) is 45.7. The minimum Gasteiger partial charge on any atom is -0.480 e. The van der Waals surface area contributed by atoms with E-state index in [4.69, 9.17) is 39.5 Å². The number of imidazole rings is 1. The molecule has 0 bridgehead atoms. The number of guanidine groups is 2. The number of rotatable bonds is 63. The van der Waals surface area contributed by atoms with Crippen molar-refractivity contribution < 1.29 is 86.6 Å². The van der Waals surface area contributed by atoms with E-state index in [9.17, 15) is 67.4 Å². The number of aromatic nitrogens is 2. The highest BCUT2D eigenvalue weighted by Gasteiger charge is 2.41. The monoisotopic (exact) mass is 1870 g/mol. The van der Waals surface area contributed by atoms with Crippen LogP contribution in [0.25, 0.3) is 0 Å². The Bertz CT molecular complexity index is 4310. The lowest BCUT2D eigenvalue weighted by molar-refractivity contribution is -0.139. The molecule has 0 aliphatic heterocycles. The molecular weight excluding hydrogens is 1720 g/mol. The highest BCUT2D eigenvalue weighted by atomic mass is 16.4. The molecule has 3 aromatic rings. The molecule has 0 saturated carbocycles. The van der Waals surface area contributed by atoms with E-state index in [2.05, 4.69) is 95.0 Å². The van der Waals surface area contributed by atoms with Crippen molar-refractivity contribution in [3.05, 3.63) is 90.0 Å². The normalized spacial score (nSPS) is 15.3. The fraction of sp³-hybridized carbons (Fsp3) is 0.622. The summed E-state index contributed by atoms with van der Waals surface area (Å²) in [6, 6.07) is -2.98. The smallest absolute Gasteiger partial charge is 0.322 e. The van der Waals surface area contributed by atoms with Crippen LogP contribution in [0.2, 0.25) is 0 Å². The summed E-state index contributed by atoms with van der Waals surface area (Å²) in [4.78, 5) is 248. The number of nitrogens with one attached hydrogen (secondary N) is 19. The molecule has 30 N–H and O–H groups in total. The van der Waals surface area contributed by atoms with Gasteiger partial charge in [0.1, 0.15) is 85.1 Å². The van der Waals surface area contributed by atoms with Gasteiger partial charge in [0.2, 0.25) is 94.5 Å². The Morgan fingerprint density at radius 1 is 0.353 bits per heavy atom. The summed E-state index contributed by atoms with van der Waals surface area (Å²) < 4.78 is 0. The van der Waals surface area contributed by atoms with Crippen molar-refractivity contribution in [2.75, 3.05) is 19.6 Å². The van der Waals surface area contributed by atoms with Gasteiger partial charge in [-0.2, -0.15) is 0 Å². The fourth-order valence-corrected chi connectivity index (χ4v) is 14.1. The molecular formula is C90H147N25O18. The maximum Gasteiger partial charge on any atom is 0.322 e. The zero-order chi connectivity index (χ0) is 99.9. The summed E-state index contributed by atoms with van der Waals surface area (Å²) in [7, 11) is 0. The minimum absolute atomic E-state index is 0.0277. The molecule has 1 heterocycles. The number of hydrogen-bond donors (Lipinski definition) is 25. The highest BCUT2D eigenvalue weighted by Crippen LogP contribution is 2.20. The molecule has 2 aromatic carbocycles. The van der Waals surface area contributed by atoms with Gasteiger partial charge in [-0.15, -0.1) is 0 Å². The number of primary amides is 2. The molecule has 0 spiro atoms. The van der Waals surface area contributed by atoms with Crippen molar-refractivity contribution in [3.63, 3.8) is 0 Å². The molecule has 0 saturated heterocycles. The number of benzene rings is 2. The van der Waals surface area contributed by atoms with E-state index in [0.29, 0.717) is 30.4 Å². The van der Waals surface area contributed by atoms with Gasteiger partial charge in [-0.05, 0) is 110 Å². The second kappa shape index (κ2) is 59.5. The molecule has 0 aliphatic rings. The second-order valence-corrected chi connectivity index (χ2v) is 35.3. The molecule has 0 aliphatic carbocycles. The van der Waals surface area contributed by atoms with Gasteiger partial charge >= 0.3 is 5.97 Å². The van der Waals surface area contributed by atoms with Crippen LogP contribution >= 0.6 is 0 Å². The van der Waals surface area contributed by atoms with Gasteiger partial charge in [-0.3, -0.25) is 92.3 Å². The molecule has 0 radical (unpaired) electrons. The van der Waals surface area contributed by atoms with Crippen molar-refractivity contribution in [3.8, 4) is 0 Å². The Morgan fingerprint density at radius 2 is 0.639 bits per heavy atom. The number of nitrogens with two attached hydrogens (primary N) is 5. The molecule has 1 aromatic heterocycles. The van der Waals surface area contributed by atoms with Gasteiger partial charge in [0.15, 0.2) is 11.9 Å². The van der Waals surface area contributed by atoms with Crippen LogP contribution in [0.5, 0.6) is 0 Å². The lowest BCUT2D eigenvalue weighted by Gasteiger charge is -2.30. The van der Waals surface area contributed by atoms with Crippen LogP contribution in [0.1, 0.15) is 210 Å². The molecule has 0 fully saturated rings. The SMILES string of the molecule is CC[C@H](C)[C@H](N)C(=O)N[C@@H](CCCNC(=N)N)C(=O)N[C@H](C(=O)N[C@@H](CC(C)C)C(=O)N[C@@H](CCC(N)=O)C(=O)N[C@@H](CCC(N)=O)C(=O)N[C@@H](CC(C)C)C(=O)N[C@@H](CC(C)C)C(=O)N[C@@H](Cc1ccccc1)C(=O)N[C@H](C(=O)N[C@@H](Cc1c[nH]cn1)C(=O)N[C@@H](Cc1ccccc1)C(=O)N[C@@H](CCCNC(=N)N)C(=O)N[C@H](C(=O)NCC(=O)O)[C@@H](C)CC)[C@@H](C)CC)[C@@H](C)CC. The lowest BCUT2D eigenvalue weighted by Crippen LogP contribution is -2.62. The maximum absolute atomic E-state index is 15.2. The zero-order valence-electron chi connectivity index (χ0n) is 79.1. The van der Waals surface area contributed by atoms with E-state index in [1.807, 2.05) is 6.92 Å². The first-order valence-electron chi connectivity index (χ1n) is 45.7. The number of carbonyl (C=O) groups is 17. The molecule has 18 atom stereocenters. The number of carboxylic acid groups (broad SMARTS) is 1. The van der Waals surface area contributed by atoms with E-state index in [0.717, 1.165) is 0 Å². The van der Waals surface area contributed by atoms with E-state index >= 15 is 19.2 Å². The second-order valence-electron chi connectivity index (χ2n) is 35.3. The Morgan fingerprint density at radius 3 is 0.962 bits per heavy atom. The molecule has 16 amide bonds. The third kappa shape index (κ3) is 42.9. The summed E-state index contributed by atoms with van der Waals surface area (Å²) in [5.41, 5.74) is 29.8. The third-order valence-electron chi connectivity index (χ3n) is 22.7. The average molecular weight is 1870 g/mol. The topological polar surface area (TPSA) is 709 Å². The number of aromatic amines is 1. The van der Waals surface area contributed by atoms with E-state index in [1.54, 1.807) is 151 Å². The van der Waals surface area contributed by atoms with Crippen LogP contribution in [0.3, 0.4) is 0 Å². The minimum atomic E-state index is -1.70. The van der Waals surface area contributed by atoms with Crippen molar-refractivity contribution in [1.29, 1.82) is 10.8 Å². The number of carboxylic acids is 1. The van der Waals surface area contributed by atoms with E-state index in [1.165, 1.54) is 12.5 Å². The van der Waals surface area contributed by atoms with Crippen molar-refractivity contribution >= 4 is 112 Å². The molecule has 43 nitrogen and oxygen atoms in total. The number of hydrogen-bond acceptors (Lipinski definition) is 21. The number of amides is 16. The first-order chi connectivity index (χ1) is 62.7. The predicted molar refractivity (Wildman–Crippen MR) is 498 cm³/mol. The summed E-state index contributed by atoms with van der Waals surface area (Å²) in [6.07, 6.45) is 1.72. The standard InChI is InChI=1S/C90H147N25O18/c1-15-51(11)71(93)85(130)106-59(32-26-38-100-90(96)97)78(123)114-73(53(13)17-3)87(132)111-64(41-50(9)10)79(124)105-60(33-35-68(91)116)75(120)104-61(34-36-69(92)117)76(121)107-62(39-48(5)6)80(125)108-63(40-49(7)8)81(126)110-66(43-56-29-23-20-24-30-56)84(129)115-74(54(14)18-4)88(133)112-67(44-57-45-98-47-102-57)83(128)109-65(42-55-27-21-19-22-28-55)82(127)103-58(31-25-37-99-89(94)95)77(122)113-72(52(12)16-2)86(131)101-46-70(118)119/h19-24,27-30,45,47-54,58-67,71-74H,15-18,25-26,31-44,46,93H2,1-14H3,(H2,91,116)(H2,92,117)(H,98,102)(H,101,131)(H,103,127)(H,104,120)(H,105,124)(H,106,130)(H,107,121)(H,108,125)(H,109,128)(H,110,126)(H,111,132)(H,112,133)(H,113,122)(H,114,123)(H,115,129)(H,118,119)(H4,94,95,99)(H4,96,97,100)/t51-,52-,53-,54-,58-,59-,60-,61-,62-,63-,64-,65-,66-,67-,71-,72-,73-,74-/m0/s1. The number of nitrogens with zero attached hydrogens (tertiary/aromatic N) is 1. The van der Waals surface area contributed by atoms with Crippen LogP contribution in [-0.2, 0) is 101 Å². The summed E-state index contributed by atoms with van der Waals surface area (Å²) in [5.74, 6) is -19.2. The van der Waals surface area contributed by atoms with Gasteiger partial charge in [0, 0.05) is 51.4 Å². The zero-order valence-corrected chi connectivity index (χ0v) is 79.1.